The van der Waals surface area contributed by atoms with Gasteiger partial charge in [0.05, 0.1) is 6.04 Å². The molecular weight excluding hydrogens is 226 g/mol. The second-order valence-electron chi connectivity index (χ2n) is 5.77. The highest BCUT2D eigenvalue weighted by molar-refractivity contribution is 5.89. The van der Waals surface area contributed by atoms with E-state index in [9.17, 15) is 4.79 Å². The summed E-state index contributed by atoms with van der Waals surface area (Å²) in [5.74, 6) is 0.991. The Hall–Kier alpha value is -1.06. The Bertz CT molecular complexity index is 310. The lowest BCUT2D eigenvalue weighted by molar-refractivity contribution is -0.124. The molecular formula is C14H25N3O. The van der Waals surface area contributed by atoms with Gasteiger partial charge >= 0.3 is 0 Å². The topological polar surface area (TPSA) is 70.2 Å². The summed E-state index contributed by atoms with van der Waals surface area (Å²) >= 11 is 0. The van der Waals surface area contributed by atoms with Crippen molar-refractivity contribution in [3.05, 3.63) is 0 Å². The summed E-state index contributed by atoms with van der Waals surface area (Å²) in [4.78, 5) is 13.9. The Kier molecular flexibility index (Phi) is 4.61. The number of hydrogen-bond donors (Lipinski definition) is 2. The van der Waals surface area contributed by atoms with Crippen molar-refractivity contribution < 1.29 is 4.79 Å². The van der Waals surface area contributed by atoms with Crippen LogP contribution in [0.3, 0.4) is 0 Å². The largest absolute Gasteiger partial charge is 0.370 e. The molecule has 0 bridgehead atoms. The monoisotopic (exact) mass is 251 g/mol. The average Bonchev–Trinajstić information content (AvgIpc) is 2.38. The molecule has 18 heavy (non-hydrogen) atoms. The molecule has 4 heteroatoms. The van der Waals surface area contributed by atoms with Gasteiger partial charge in [0.1, 0.15) is 0 Å². The van der Waals surface area contributed by atoms with Crippen LogP contribution in [-0.4, -0.2) is 29.2 Å². The second-order valence-corrected chi connectivity index (χ2v) is 5.77. The number of carbonyl (C=O) groups excluding carboxylic acids is 1. The lowest BCUT2D eigenvalue weighted by Gasteiger charge is -2.36. The van der Waals surface area contributed by atoms with Crippen LogP contribution < -0.4 is 5.73 Å². The van der Waals surface area contributed by atoms with Gasteiger partial charge in [0.2, 0.25) is 0 Å². The molecule has 0 saturated heterocycles. The Morgan fingerprint density at radius 3 is 2.44 bits per heavy atom. The highest BCUT2D eigenvalue weighted by atomic mass is 16.1. The third-order valence-corrected chi connectivity index (χ3v) is 4.39. The van der Waals surface area contributed by atoms with Gasteiger partial charge in [-0.15, -0.1) is 0 Å². The molecule has 0 radical (unpaired) electrons. The van der Waals surface area contributed by atoms with Gasteiger partial charge in [0.15, 0.2) is 11.7 Å². The smallest absolute Gasteiger partial charge is 0.189 e. The molecule has 1 unspecified atom stereocenters. The van der Waals surface area contributed by atoms with Crippen molar-refractivity contribution in [2.75, 3.05) is 6.54 Å². The standard InChI is InChI=1S/C14H25N3O/c15-14(16)17(10-11-6-2-1-3-7-11)12-8-4-5-9-13(12)18/h11-12H,1-10H2,(H3,15,16). The van der Waals surface area contributed by atoms with Crippen molar-refractivity contribution in [1.29, 1.82) is 5.41 Å². The van der Waals surface area contributed by atoms with E-state index in [4.69, 9.17) is 11.1 Å². The first kappa shape index (κ1) is 13.4. The summed E-state index contributed by atoms with van der Waals surface area (Å²) in [5.41, 5.74) is 5.70. The lowest BCUT2D eigenvalue weighted by Crippen LogP contribution is -2.51. The third-order valence-electron chi connectivity index (χ3n) is 4.39. The van der Waals surface area contributed by atoms with Gasteiger partial charge in [-0.2, -0.15) is 0 Å². The van der Waals surface area contributed by atoms with Gasteiger partial charge in [-0.3, -0.25) is 10.2 Å². The molecule has 3 N–H and O–H groups in total. The zero-order valence-corrected chi connectivity index (χ0v) is 11.2. The average molecular weight is 251 g/mol. The summed E-state index contributed by atoms with van der Waals surface area (Å²) in [6.07, 6.45) is 10.00. The molecule has 0 aromatic carbocycles. The number of carbonyl (C=O) groups is 1. The van der Waals surface area contributed by atoms with Crippen molar-refractivity contribution in [3.63, 3.8) is 0 Å². The highest BCUT2D eigenvalue weighted by Crippen LogP contribution is 2.27. The van der Waals surface area contributed by atoms with Crippen LogP contribution in [0.2, 0.25) is 0 Å². The number of rotatable bonds is 3. The minimum Gasteiger partial charge on any atom is -0.370 e. The van der Waals surface area contributed by atoms with E-state index in [1.165, 1.54) is 32.1 Å². The van der Waals surface area contributed by atoms with Crippen LogP contribution in [0.25, 0.3) is 0 Å². The first-order valence-electron chi connectivity index (χ1n) is 7.32. The fourth-order valence-electron chi connectivity index (χ4n) is 3.34. The van der Waals surface area contributed by atoms with E-state index in [2.05, 4.69) is 0 Å². The van der Waals surface area contributed by atoms with E-state index in [1.807, 2.05) is 4.90 Å². The molecule has 0 aromatic rings. The first-order valence-corrected chi connectivity index (χ1v) is 7.32. The molecule has 0 aromatic heterocycles. The van der Waals surface area contributed by atoms with Crippen molar-refractivity contribution in [1.82, 2.24) is 4.90 Å². The SMILES string of the molecule is N=C(N)N(CC1CCCCC1)C1CCCCC1=O. The summed E-state index contributed by atoms with van der Waals surface area (Å²) in [7, 11) is 0. The highest BCUT2D eigenvalue weighted by Gasteiger charge is 2.30. The van der Waals surface area contributed by atoms with Crippen molar-refractivity contribution >= 4 is 11.7 Å². The molecule has 2 rings (SSSR count). The van der Waals surface area contributed by atoms with E-state index in [0.29, 0.717) is 12.3 Å². The Labute approximate surface area is 109 Å². The second kappa shape index (κ2) is 6.21. The predicted molar refractivity (Wildman–Crippen MR) is 72.5 cm³/mol. The molecule has 1 atom stereocenters. The maximum absolute atomic E-state index is 12.0. The summed E-state index contributed by atoms with van der Waals surface area (Å²) in [5, 5.41) is 7.75. The Morgan fingerprint density at radius 1 is 1.17 bits per heavy atom. The van der Waals surface area contributed by atoms with E-state index < -0.39 is 0 Å². The van der Waals surface area contributed by atoms with E-state index in [0.717, 1.165) is 25.8 Å². The Balaban J connectivity index is 1.98. The Morgan fingerprint density at radius 2 is 1.83 bits per heavy atom. The van der Waals surface area contributed by atoms with Gasteiger partial charge < -0.3 is 10.6 Å². The quantitative estimate of drug-likeness (QED) is 0.597. The number of Topliss-reactive ketones (excluding diaryl/α,β-unsaturated/α-hetero) is 1. The van der Waals surface area contributed by atoms with Gasteiger partial charge in [-0.1, -0.05) is 25.7 Å². The van der Waals surface area contributed by atoms with Crippen LogP contribution in [0.5, 0.6) is 0 Å². The van der Waals surface area contributed by atoms with Crippen LogP contribution in [0.1, 0.15) is 57.8 Å². The van der Waals surface area contributed by atoms with Crippen LogP contribution in [-0.2, 0) is 4.79 Å². The third kappa shape index (κ3) is 3.24. The number of ketones is 1. The molecule has 4 nitrogen and oxygen atoms in total. The molecule has 102 valence electrons. The van der Waals surface area contributed by atoms with Crippen LogP contribution in [0, 0.1) is 11.3 Å². The molecule has 2 fully saturated rings. The van der Waals surface area contributed by atoms with Gasteiger partial charge in [-0.05, 0) is 31.6 Å². The van der Waals surface area contributed by atoms with E-state index in [1.54, 1.807) is 0 Å². The van der Waals surface area contributed by atoms with Crippen molar-refractivity contribution in [3.8, 4) is 0 Å². The van der Waals surface area contributed by atoms with Crippen LogP contribution in [0.15, 0.2) is 0 Å². The summed E-state index contributed by atoms with van der Waals surface area (Å²) in [6.45, 7) is 0.811. The number of nitrogens with two attached hydrogens (primary N) is 1. The van der Waals surface area contributed by atoms with E-state index >= 15 is 0 Å². The zero-order valence-electron chi connectivity index (χ0n) is 11.2. The van der Waals surface area contributed by atoms with Crippen molar-refractivity contribution in [2.45, 2.75) is 63.8 Å². The number of guanidine groups is 1. The molecule has 0 aliphatic heterocycles. The lowest BCUT2D eigenvalue weighted by atomic mass is 9.87. The minimum absolute atomic E-state index is 0.0841. The predicted octanol–water partition coefficient (Wildman–Crippen LogP) is 2.27. The minimum atomic E-state index is -0.113. The molecule has 2 aliphatic rings. The fourth-order valence-corrected chi connectivity index (χ4v) is 3.34. The summed E-state index contributed by atoms with van der Waals surface area (Å²) < 4.78 is 0. The summed E-state index contributed by atoms with van der Waals surface area (Å²) in [6, 6.07) is -0.113. The molecule has 0 amide bonds. The molecule has 2 saturated carbocycles. The van der Waals surface area contributed by atoms with Gasteiger partial charge in [0.25, 0.3) is 0 Å². The van der Waals surface area contributed by atoms with Gasteiger partial charge in [0, 0.05) is 13.0 Å². The number of nitrogens with zero attached hydrogens (tertiary/aromatic N) is 1. The normalized spacial score (nSPS) is 26.0. The number of nitrogens with one attached hydrogen (secondary N) is 1. The maximum Gasteiger partial charge on any atom is 0.189 e. The van der Waals surface area contributed by atoms with Gasteiger partial charge in [-0.25, -0.2) is 0 Å². The van der Waals surface area contributed by atoms with E-state index in [-0.39, 0.29) is 17.8 Å². The molecule has 0 heterocycles. The molecule has 0 spiro atoms. The molecule has 2 aliphatic carbocycles. The zero-order chi connectivity index (χ0) is 13.0. The first-order chi connectivity index (χ1) is 8.68. The maximum atomic E-state index is 12.0. The van der Waals surface area contributed by atoms with Crippen LogP contribution >= 0.6 is 0 Å². The van der Waals surface area contributed by atoms with Crippen molar-refractivity contribution in [2.24, 2.45) is 11.7 Å². The van der Waals surface area contributed by atoms with Crippen LogP contribution in [0.4, 0.5) is 0 Å². The number of hydrogen-bond acceptors (Lipinski definition) is 2. The fraction of sp³-hybridized carbons (Fsp3) is 0.857.